The minimum Gasteiger partial charge on any atom is -0.490 e. The van der Waals surface area contributed by atoms with Gasteiger partial charge < -0.3 is 24.8 Å². The van der Waals surface area contributed by atoms with Crippen LogP contribution in [0, 0.1) is 5.82 Å². The van der Waals surface area contributed by atoms with Crippen LogP contribution in [0.5, 0.6) is 5.75 Å². The Morgan fingerprint density at radius 1 is 1.48 bits per heavy atom. The van der Waals surface area contributed by atoms with Crippen molar-refractivity contribution in [2.45, 2.75) is 12.6 Å². The lowest BCUT2D eigenvalue weighted by atomic mass is 10.2. The Balaban J connectivity index is 1.84. The molecule has 1 saturated heterocycles. The quantitative estimate of drug-likeness (QED) is 0.702. The minimum atomic E-state index is -0.453. The van der Waals surface area contributed by atoms with Crippen molar-refractivity contribution in [1.82, 2.24) is 10.6 Å². The van der Waals surface area contributed by atoms with E-state index in [4.69, 9.17) is 14.2 Å². The Bertz CT molecular complexity index is 484. The smallest absolute Gasteiger partial charge is 0.407 e. The van der Waals surface area contributed by atoms with E-state index in [1.54, 1.807) is 13.2 Å². The number of hydrogen-bond donors (Lipinski definition) is 2. The molecule has 1 aliphatic rings. The van der Waals surface area contributed by atoms with Crippen molar-refractivity contribution in [1.29, 1.82) is 0 Å². The van der Waals surface area contributed by atoms with Crippen molar-refractivity contribution in [3.63, 3.8) is 0 Å². The summed E-state index contributed by atoms with van der Waals surface area (Å²) in [6.45, 7) is 2.40. The molecular weight excluding hydrogens is 279 g/mol. The Labute approximate surface area is 122 Å². The fourth-order valence-corrected chi connectivity index (χ4v) is 1.93. The first-order valence-electron chi connectivity index (χ1n) is 6.74. The Hall–Kier alpha value is -1.86. The lowest BCUT2D eigenvalue weighted by Crippen LogP contribution is -2.22. The predicted octanol–water partition coefficient (Wildman–Crippen LogP) is 1.05. The molecule has 116 valence electrons. The van der Waals surface area contributed by atoms with Crippen molar-refractivity contribution >= 4 is 6.09 Å². The first-order valence-corrected chi connectivity index (χ1v) is 6.74. The van der Waals surface area contributed by atoms with Crippen LogP contribution >= 0.6 is 0 Å². The number of ether oxygens (including phenoxy) is 3. The summed E-state index contributed by atoms with van der Waals surface area (Å²) in [7, 11) is 1.63. The summed E-state index contributed by atoms with van der Waals surface area (Å²) < 4.78 is 28.9. The van der Waals surface area contributed by atoms with Gasteiger partial charge in [-0.25, -0.2) is 9.18 Å². The fraction of sp³-hybridized carbons (Fsp3) is 0.500. The van der Waals surface area contributed by atoms with Gasteiger partial charge in [0.1, 0.15) is 18.2 Å². The Kier molecular flexibility index (Phi) is 5.77. The summed E-state index contributed by atoms with van der Waals surface area (Å²) >= 11 is 0. The number of halogens is 1. The number of alkyl carbamates (subject to hydrolysis) is 1. The number of cyclic esters (lactones) is 1. The Morgan fingerprint density at radius 3 is 3.05 bits per heavy atom. The molecule has 1 amide bonds. The molecule has 0 bridgehead atoms. The first-order chi connectivity index (χ1) is 10.2. The van der Waals surface area contributed by atoms with Crippen molar-refractivity contribution in [2.75, 3.05) is 33.4 Å². The normalized spacial score (nSPS) is 17.4. The predicted molar refractivity (Wildman–Crippen MR) is 73.7 cm³/mol. The molecule has 0 aromatic heterocycles. The largest absolute Gasteiger partial charge is 0.490 e. The van der Waals surface area contributed by atoms with E-state index in [0.717, 1.165) is 5.56 Å². The van der Waals surface area contributed by atoms with Crippen LogP contribution in [-0.4, -0.2) is 45.6 Å². The van der Waals surface area contributed by atoms with Gasteiger partial charge in [-0.2, -0.15) is 0 Å². The van der Waals surface area contributed by atoms with Gasteiger partial charge in [0.2, 0.25) is 0 Å². The molecule has 1 fully saturated rings. The van der Waals surface area contributed by atoms with Crippen LogP contribution in [0.15, 0.2) is 18.2 Å². The van der Waals surface area contributed by atoms with E-state index in [1.807, 2.05) is 0 Å². The molecule has 0 aliphatic carbocycles. The molecule has 1 aromatic carbocycles. The van der Waals surface area contributed by atoms with Crippen LogP contribution in [0.2, 0.25) is 0 Å². The molecule has 6 nitrogen and oxygen atoms in total. The number of rotatable bonds is 8. The van der Waals surface area contributed by atoms with Gasteiger partial charge >= 0.3 is 6.09 Å². The summed E-state index contributed by atoms with van der Waals surface area (Å²) in [6.07, 6.45) is -0.796. The number of amides is 1. The number of nitrogens with one attached hydrogen (secondary N) is 2. The molecule has 1 atom stereocenters. The SMILES string of the molecule is COCCNCc1cc(F)cc(OCC2CNC(=O)O2)c1. The van der Waals surface area contributed by atoms with Crippen LogP contribution < -0.4 is 15.4 Å². The minimum absolute atomic E-state index is 0.193. The van der Waals surface area contributed by atoms with E-state index in [9.17, 15) is 9.18 Å². The molecule has 0 spiro atoms. The maximum absolute atomic E-state index is 13.5. The standard InChI is InChI=1S/C14H19FN2O4/c1-19-3-2-16-7-10-4-11(15)6-12(5-10)20-9-13-8-17-14(18)21-13/h4-6,13,16H,2-3,7-9H2,1H3,(H,17,18). The molecule has 1 aromatic rings. The van der Waals surface area contributed by atoms with E-state index in [1.165, 1.54) is 12.1 Å². The van der Waals surface area contributed by atoms with Gasteiger partial charge in [0.05, 0.1) is 13.2 Å². The summed E-state index contributed by atoms with van der Waals surface area (Å²) in [4.78, 5) is 10.9. The monoisotopic (exact) mass is 298 g/mol. The van der Waals surface area contributed by atoms with Crippen molar-refractivity contribution < 1.29 is 23.4 Å². The molecular formula is C14H19FN2O4. The van der Waals surface area contributed by atoms with Crippen molar-refractivity contribution in [2.24, 2.45) is 0 Å². The van der Waals surface area contributed by atoms with Gasteiger partial charge in [-0.15, -0.1) is 0 Å². The highest BCUT2D eigenvalue weighted by atomic mass is 19.1. The lowest BCUT2D eigenvalue weighted by molar-refractivity contribution is 0.104. The van der Waals surface area contributed by atoms with Crippen LogP contribution in [0.4, 0.5) is 9.18 Å². The average molecular weight is 298 g/mol. The third-order valence-electron chi connectivity index (χ3n) is 2.93. The van der Waals surface area contributed by atoms with Gasteiger partial charge in [-0.05, 0) is 17.7 Å². The van der Waals surface area contributed by atoms with E-state index in [0.29, 0.717) is 32.0 Å². The maximum atomic E-state index is 13.5. The highest BCUT2D eigenvalue weighted by molar-refractivity contribution is 5.69. The van der Waals surface area contributed by atoms with Gasteiger partial charge in [0.25, 0.3) is 0 Å². The number of carbonyl (C=O) groups excluding carboxylic acids is 1. The summed E-state index contributed by atoms with van der Waals surface area (Å²) in [6, 6.07) is 4.51. The molecule has 1 aliphatic heterocycles. The fourth-order valence-electron chi connectivity index (χ4n) is 1.93. The molecule has 7 heteroatoms. The molecule has 1 heterocycles. The number of benzene rings is 1. The van der Waals surface area contributed by atoms with Crippen LogP contribution in [0.3, 0.4) is 0 Å². The highest BCUT2D eigenvalue weighted by Gasteiger charge is 2.22. The number of hydrogen-bond acceptors (Lipinski definition) is 5. The summed E-state index contributed by atoms with van der Waals surface area (Å²) in [5.74, 6) is 0.0547. The summed E-state index contributed by atoms with van der Waals surface area (Å²) in [5, 5.41) is 5.66. The van der Waals surface area contributed by atoms with E-state index >= 15 is 0 Å². The van der Waals surface area contributed by atoms with Crippen LogP contribution in [-0.2, 0) is 16.0 Å². The molecule has 0 saturated carbocycles. The third-order valence-corrected chi connectivity index (χ3v) is 2.93. The van der Waals surface area contributed by atoms with E-state index in [2.05, 4.69) is 10.6 Å². The molecule has 0 radical (unpaired) electrons. The zero-order chi connectivity index (χ0) is 15.1. The van der Waals surface area contributed by atoms with E-state index < -0.39 is 6.09 Å². The second-order valence-electron chi connectivity index (χ2n) is 4.68. The lowest BCUT2D eigenvalue weighted by Gasteiger charge is -2.12. The Morgan fingerprint density at radius 2 is 2.33 bits per heavy atom. The van der Waals surface area contributed by atoms with Crippen molar-refractivity contribution in [3.8, 4) is 5.75 Å². The number of methoxy groups -OCH3 is 1. The zero-order valence-corrected chi connectivity index (χ0v) is 11.9. The van der Waals surface area contributed by atoms with Crippen molar-refractivity contribution in [3.05, 3.63) is 29.6 Å². The molecule has 2 N–H and O–H groups in total. The first kappa shape index (κ1) is 15.5. The van der Waals surface area contributed by atoms with Crippen LogP contribution in [0.1, 0.15) is 5.56 Å². The van der Waals surface area contributed by atoms with Gasteiger partial charge in [0, 0.05) is 26.3 Å². The second-order valence-corrected chi connectivity index (χ2v) is 4.68. The van der Waals surface area contributed by atoms with Gasteiger partial charge in [-0.1, -0.05) is 0 Å². The third kappa shape index (κ3) is 5.20. The summed E-state index contributed by atoms with van der Waals surface area (Å²) in [5.41, 5.74) is 0.780. The van der Waals surface area contributed by atoms with Crippen LogP contribution in [0.25, 0.3) is 0 Å². The molecule has 1 unspecified atom stereocenters. The van der Waals surface area contributed by atoms with E-state index in [-0.39, 0.29) is 18.5 Å². The second kappa shape index (κ2) is 7.80. The topological polar surface area (TPSA) is 68.8 Å². The van der Waals surface area contributed by atoms with Gasteiger partial charge in [-0.3, -0.25) is 0 Å². The zero-order valence-electron chi connectivity index (χ0n) is 11.9. The van der Waals surface area contributed by atoms with Gasteiger partial charge in [0.15, 0.2) is 6.10 Å². The average Bonchev–Trinajstić information content (AvgIpc) is 2.87. The molecule has 21 heavy (non-hydrogen) atoms. The molecule has 2 rings (SSSR count). The highest BCUT2D eigenvalue weighted by Crippen LogP contribution is 2.17. The maximum Gasteiger partial charge on any atom is 0.407 e. The number of carbonyl (C=O) groups is 1.